The summed E-state index contributed by atoms with van der Waals surface area (Å²) in [6.45, 7) is 1.52. The second-order valence-corrected chi connectivity index (χ2v) is 4.32. The first-order valence-corrected chi connectivity index (χ1v) is 5.65. The van der Waals surface area contributed by atoms with Crippen molar-refractivity contribution in [3.05, 3.63) is 41.6 Å². The predicted molar refractivity (Wildman–Crippen MR) is 68.6 cm³/mol. The van der Waals surface area contributed by atoms with Crippen LogP contribution >= 0.6 is 0 Å². The highest BCUT2D eigenvalue weighted by Crippen LogP contribution is 2.26. The lowest BCUT2D eigenvalue weighted by Gasteiger charge is -1.95. The van der Waals surface area contributed by atoms with E-state index in [9.17, 15) is 10.1 Å². The summed E-state index contributed by atoms with van der Waals surface area (Å²) in [5.74, 6) is -0.0390. The second-order valence-electron chi connectivity index (χ2n) is 4.32. The Morgan fingerprint density at radius 2 is 1.94 bits per heavy atom. The number of hydrogen-bond donors (Lipinski definition) is 0. The third-order valence-corrected chi connectivity index (χ3v) is 3.26. The molecule has 0 unspecified atom stereocenters. The average molecular weight is 237 g/mol. The van der Waals surface area contributed by atoms with Crippen molar-refractivity contribution < 1.29 is 4.79 Å². The molecule has 0 amide bonds. The van der Waals surface area contributed by atoms with Gasteiger partial charge in [0.1, 0.15) is 11.7 Å². The van der Waals surface area contributed by atoms with Gasteiger partial charge < -0.3 is 4.57 Å². The molecule has 3 aromatic rings. The zero-order valence-corrected chi connectivity index (χ0v) is 10.1. The molecule has 2 heterocycles. The van der Waals surface area contributed by atoms with Gasteiger partial charge in [-0.2, -0.15) is 5.26 Å². The number of imidazole rings is 1. The molecule has 0 saturated carbocycles. The van der Waals surface area contributed by atoms with Gasteiger partial charge in [-0.05, 0) is 18.2 Å². The maximum atomic E-state index is 11.7. The Hall–Kier alpha value is -2.54. The summed E-state index contributed by atoms with van der Waals surface area (Å²) in [6, 6.07) is 11.6. The number of nitrogens with zero attached hydrogens (tertiary/aromatic N) is 3. The number of nitriles is 1. The number of rotatable bonds is 1. The lowest BCUT2D eigenvalue weighted by Crippen LogP contribution is -1.97. The summed E-state index contributed by atoms with van der Waals surface area (Å²) in [4.78, 5) is 11.7. The molecular weight excluding hydrogens is 226 g/mol. The van der Waals surface area contributed by atoms with Gasteiger partial charge in [0.2, 0.25) is 0 Å². The van der Waals surface area contributed by atoms with Crippen LogP contribution in [0.2, 0.25) is 0 Å². The highest BCUT2D eigenvalue weighted by Gasteiger charge is 2.18. The zero-order valence-electron chi connectivity index (χ0n) is 10.1. The molecule has 4 heteroatoms. The average Bonchev–Trinajstić information content (AvgIpc) is 2.88. The molecule has 4 nitrogen and oxygen atoms in total. The number of aryl methyl sites for hydroxylation is 1. The van der Waals surface area contributed by atoms with E-state index in [2.05, 4.69) is 6.07 Å². The predicted octanol–water partition coefficient (Wildman–Crippen LogP) is 2.51. The minimum absolute atomic E-state index is 0.0390. The van der Waals surface area contributed by atoms with Gasteiger partial charge in [0.15, 0.2) is 5.78 Å². The normalized spacial score (nSPS) is 10.9. The van der Waals surface area contributed by atoms with Crippen LogP contribution < -0.4 is 0 Å². The Bertz CT molecular complexity index is 830. The number of carbonyl (C=O) groups excluding carboxylic acids is 1. The van der Waals surface area contributed by atoms with Crippen LogP contribution in [0.25, 0.3) is 16.7 Å². The molecule has 3 rings (SSSR count). The minimum atomic E-state index is -0.0390. The number of aromatic nitrogens is 2. The van der Waals surface area contributed by atoms with Gasteiger partial charge in [0.25, 0.3) is 0 Å². The van der Waals surface area contributed by atoms with Gasteiger partial charge in [-0.3, -0.25) is 9.20 Å². The summed E-state index contributed by atoms with van der Waals surface area (Å²) < 4.78 is 3.80. The van der Waals surface area contributed by atoms with Crippen LogP contribution in [0.5, 0.6) is 0 Å². The van der Waals surface area contributed by atoms with Crippen molar-refractivity contribution in [1.29, 1.82) is 5.26 Å². The quantitative estimate of drug-likeness (QED) is 0.610. The molecule has 0 saturated heterocycles. The largest absolute Gasteiger partial charge is 0.328 e. The molecule has 0 atom stereocenters. The summed E-state index contributed by atoms with van der Waals surface area (Å²) in [7, 11) is 1.91. The van der Waals surface area contributed by atoms with E-state index >= 15 is 0 Å². The summed E-state index contributed by atoms with van der Waals surface area (Å²) in [5, 5.41) is 9.19. The zero-order chi connectivity index (χ0) is 12.9. The maximum Gasteiger partial charge on any atom is 0.176 e. The number of para-hydroxylation sites is 2. The van der Waals surface area contributed by atoms with Gasteiger partial charge in [-0.1, -0.05) is 12.1 Å². The number of benzene rings is 1. The molecule has 2 aromatic heterocycles. The molecular formula is C14H11N3O. The van der Waals surface area contributed by atoms with Crippen LogP contribution in [-0.2, 0) is 7.05 Å². The van der Waals surface area contributed by atoms with Gasteiger partial charge in [-0.15, -0.1) is 0 Å². The van der Waals surface area contributed by atoms with E-state index in [0.717, 1.165) is 16.7 Å². The SMILES string of the molecule is CC(=O)c1cc(C#N)c2n(C)c3ccccc3n12. The molecule has 0 aliphatic heterocycles. The van der Waals surface area contributed by atoms with Crippen LogP contribution in [0, 0.1) is 11.3 Å². The second kappa shape index (κ2) is 3.47. The molecule has 0 fully saturated rings. The van der Waals surface area contributed by atoms with Gasteiger partial charge in [-0.25, -0.2) is 0 Å². The third kappa shape index (κ3) is 1.16. The highest BCUT2D eigenvalue weighted by atomic mass is 16.1. The fourth-order valence-corrected chi connectivity index (χ4v) is 2.47. The van der Waals surface area contributed by atoms with Crippen molar-refractivity contribution >= 4 is 22.5 Å². The van der Waals surface area contributed by atoms with E-state index in [1.54, 1.807) is 6.07 Å². The third-order valence-electron chi connectivity index (χ3n) is 3.26. The standard InChI is InChI=1S/C14H11N3O/c1-9(18)13-7-10(8-15)14-16(2)11-5-3-4-6-12(11)17(13)14/h3-7H,1-2H3. The summed E-state index contributed by atoms with van der Waals surface area (Å²) in [5.41, 5.74) is 3.80. The highest BCUT2D eigenvalue weighted by molar-refractivity contribution is 5.98. The first-order valence-electron chi connectivity index (χ1n) is 5.65. The Kier molecular flexibility index (Phi) is 2.05. The molecule has 88 valence electrons. The smallest absolute Gasteiger partial charge is 0.176 e. The van der Waals surface area contributed by atoms with Gasteiger partial charge >= 0.3 is 0 Å². The first kappa shape index (κ1) is 10.6. The van der Waals surface area contributed by atoms with Crippen molar-refractivity contribution in [2.75, 3.05) is 0 Å². The van der Waals surface area contributed by atoms with Crippen molar-refractivity contribution in [2.45, 2.75) is 6.92 Å². The lowest BCUT2D eigenvalue weighted by molar-refractivity contribution is 0.101. The Labute approximate surface area is 104 Å². The van der Waals surface area contributed by atoms with Crippen molar-refractivity contribution in [2.24, 2.45) is 7.05 Å². The van der Waals surface area contributed by atoms with E-state index in [1.165, 1.54) is 6.92 Å². The Morgan fingerprint density at radius 3 is 2.56 bits per heavy atom. The Morgan fingerprint density at radius 1 is 1.28 bits per heavy atom. The first-order chi connectivity index (χ1) is 8.65. The number of ketones is 1. The van der Waals surface area contributed by atoms with Gasteiger partial charge in [0.05, 0.1) is 22.3 Å². The molecule has 0 aliphatic carbocycles. The van der Waals surface area contributed by atoms with Crippen LogP contribution in [-0.4, -0.2) is 14.8 Å². The van der Waals surface area contributed by atoms with Crippen LogP contribution in [0.1, 0.15) is 23.0 Å². The monoisotopic (exact) mass is 237 g/mol. The molecule has 1 aromatic carbocycles. The van der Waals surface area contributed by atoms with E-state index in [-0.39, 0.29) is 5.78 Å². The van der Waals surface area contributed by atoms with Crippen molar-refractivity contribution in [1.82, 2.24) is 8.97 Å². The number of fused-ring (bicyclic) bond motifs is 3. The fraction of sp³-hybridized carbons (Fsp3) is 0.143. The van der Waals surface area contributed by atoms with Crippen LogP contribution in [0.4, 0.5) is 0 Å². The van der Waals surface area contributed by atoms with E-state index < -0.39 is 0 Å². The van der Waals surface area contributed by atoms with E-state index in [0.29, 0.717) is 11.3 Å². The molecule has 0 N–H and O–H groups in total. The van der Waals surface area contributed by atoms with E-state index in [1.807, 2.05) is 40.3 Å². The topological polar surface area (TPSA) is 50.2 Å². The molecule has 0 radical (unpaired) electrons. The summed E-state index contributed by atoms with van der Waals surface area (Å²) >= 11 is 0. The number of Topliss-reactive ketones (excluding diaryl/α,β-unsaturated/α-hetero) is 1. The molecule has 0 spiro atoms. The van der Waals surface area contributed by atoms with Crippen molar-refractivity contribution in [3.8, 4) is 6.07 Å². The molecule has 0 aliphatic rings. The van der Waals surface area contributed by atoms with E-state index in [4.69, 9.17) is 0 Å². The molecule has 18 heavy (non-hydrogen) atoms. The Balaban J connectivity index is 2.65. The van der Waals surface area contributed by atoms with Crippen LogP contribution in [0.15, 0.2) is 30.3 Å². The molecule has 0 bridgehead atoms. The lowest BCUT2D eigenvalue weighted by atomic mass is 10.2. The fourth-order valence-electron chi connectivity index (χ4n) is 2.47. The summed E-state index contributed by atoms with van der Waals surface area (Å²) in [6.07, 6.45) is 0. The number of hydrogen-bond acceptors (Lipinski definition) is 2. The van der Waals surface area contributed by atoms with Crippen molar-refractivity contribution in [3.63, 3.8) is 0 Å². The minimum Gasteiger partial charge on any atom is -0.328 e. The maximum absolute atomic E-state index is 11.7. The van der Waals surface area contributed by atoms with Gasteiger partial charge in [0, 0.05) is 14.0 Å². The number of carbonyl (C=O) groups is 1. The van der Waals surface area contributed by atoms with Crippen LogP contribution in [0.3, 0.4) is 0 Å².